The van der Waals surface area contributed by atoms with E-state index in [1.807, 2.05) is 0 Å². The summed E-state index contributed by atoms with van der Waals surface area (Å²) in [5.74, 6) is 0.595. The molecular weight excluding hydrogens is 232 g/mol. The average molecular weight is 253 g/mol. The number of rotatable bonds is 5. The predicted octanol–water partition coefficient (Wildman–Crippen LogP) is 2.96. The smallest absolute Gasteiger partial charge is 0.0474 e. The monoisotopic (exact) mass is 252 g/mol. The molecule has 1 heterocycles. The van der Waals surface area contributed by atoms with Crippen molar-refractivity contribution in [1.29, 1.82) is 0 Å². The summed E-state index contributed by atoms with van der Waals surface area (Å²) in [5, 5.41) is 0. The van der Waals surface area contributed by atoms with E-state index < -0.39 is 0 Å². The quantitative estimate of drug-likeness (QED) is 0.744. The first-order valence-corrected chi connectivity index (χ1v) is 6.91. The zero-order valence-electron chi connectivity index (χ0n) is 10.5. The van der Waals surface area contributed by atoms with Crippen LogP contribution in [0, 0.1) is 0 Å². The zero-order chi connectivity index (χ0) is 12.1. The summed E-state index contributed by atoms with van der Waals surface area (Å²) in [7, 11) is 2.16. The molecule has 2 rings (SSSR count). The first kappa shape index (κ1) is 12.7. The van der Waals surface area contributed by atoms with Crippen LogP contribution in [0.4, 0.5) is 5.69 Å². The van der Waals surface area contributed by atoms with Gasteiger partial charge in [-0.3, -0.25) is 0 Å². The minimum absolute atomic E-state index is 0.595. The van der Waals surface area contributed by atoms with Gasteiger partial charge in [-0.05, 0) is 43.6 Å². The van der Waals surface area contributed by atoms with E-state index in [1.54, 1.807) is 0 Å². The molecule has 0 aliphatic carbocycles. The summed E-state index contributed by atoms with van der Waals surface area (Å²) in [6.45, 7) is 4.83. The number of likely N-dealkylation sites (N-methyl/N-ethyl adjacent to an activating group) is 1. The maximum atomic E-state index is 5.79. The van der Waals surface area contributed by atoms with Crippen molar-refractivity contribution in [2.24, 2.45) is 0 Å². The molecule has 94 valence electrons. The molecule has 0 N–H and O–H groups in total. The van der Waals surface area contributed by atoms with Gasteiger partial charge >= 0.3 is 0 Å². The maximum Gasteiger partial charge on any atom is 0.0474 e. The van der Waals surface area contributed by atoms with Crippen LogP contribution in [0.25, 0.3) is 0 Å². The van der Waals surface area contributed by atoms with Crippen LogP contribution in [0.2, 0.25) is 0 Å². The van der Waals surface area contributed by atoms with E-state index in [9.17, 15) is 0 Å². The van der Waals surface area contributed by atoms with Gasteiger partial charge in [0, 0.05) is 31.7 Å². The molecule has 0 spiro atoms. The Balaban J connectivity index is 1.83. The van der Waals surface area contributed by atoms with Gasteiger partial charge in [-0.1, -0.05) is 12.1 Å². The molecule has 1 saturated heterocycles. The highest BCUT2D eigenvalue weighted by Crippen LogP contribution is 2.15. The van der Waals surface area contributed by atoms with Gasteiger partial charge in [0.1, 0.15) is 0 Å². The molecule has 1 aromatic rings. The summed E-state index contributed by atoms with van der Waals surface area (Å²) in [5.41, 5.74) is 2.46. The highest BCUT2D eigenvalue weighted by atomic mass is 35.5. The van der Waals surface area contributed by atoms with Crippen molar-refractivity contribution in [3.8, 4) is 0 Å². The lowest BCUT2D eigenvalue weighted by Crippen LogP contribution is -2.31. The summed E-state index contributed by atoms with van der Waals surface area (Å²) in [4.78, 5) is 4.86. The lowest BCUT2D eigenvalue weighted by Gasteiger charge is -2.23. The van der Waals surface area contributed by atoms with Crippen LogP contribution in [0.3, 0.4) is 0 Å². The second-order valence-corrected chi connectivity index (χ2v) is 5.04. The van der Waals surface area contributed by atoms with E-state index >= 15 is 0 Å². The van der Waals surface area contributed by atoms with Gasteiger partial charge in [0.25, 0.3) is 0 Å². The van der Waals surface area contributed by atoms with Gasteiger partial charge in [0.2, 0.25) is 0 Å². The van der Waals surface area contributed by atoms with Crippen molar-refractivity contribution in [2.75, 3.05) is 38.1 Å². The van der Waals surface area contributed by atoms with Crippen molar-refractivity contribution in [1.82, 2.24) is 4.90 Å². The Labute approximate surface area is 109 Å². The molecule has 0 aromatic heterocycles. The molecule has 0 bridgehead atoms. The number of anilines is 1. The molecule has 17 heavy (non-hydrogen) atoms. The van der Waals surface area contributed by atoms with Gasteiger partial charge < -0.3 is 9.80 Å². The molecule has 0 radical (unpaired) electrons. The molecule has 1 aromatic carbocycles. The molecule has 1 fully saturated rings. The largest absolute Gasteiger partial charge is 0.373 e. The fourth-order valence-electron chi connectivity index (χ4n) is 2.27. The molecule has 0 atom stereocenters. The molecule has 1 aliphatic heterocycles. The van der Waals surface area contributed by atoms with E-state index in [0.717, 1.165) is 6.54 Å². The third-order valence-corrected chi connectivity index (χ3v) is 3.79. The second-order valence-electron chi connectivity index (χ2n) is 4.77. The number of alkyl halides is 1. The third-order valence-electron chi connectivity index (χ3n) is 3.48. The maximum absolute atomic E-state index is 5.79. The van der Waals surface area contributed by atoms with Crippen LogP contribution in [0.15, 0.2) is 24.3 Å². The predicted molar refractivity (Wildman–Crippen MR) is 74.9 cm³/mol. The minimum Gasteiger partial charge on any atom is -0.373 e. The summed E-state index contributed by atoms with van der Waals surface area (Å²) in [6, 6.07) is 8.52. The fourth-order valence-corrected chi connectivity index (χ4v) is 2.44. The van der Waals surface area contributed by atoms with Crippen molar-refractivity contribution in [3.05, 3.63) is 29.8 Å². The highest BCUT2D eigenvalue weighted by Gasteiger charge is 2.11. The Morgan fingerprint density at radius 3 is 2.41 bits per heavy atom. The Bertz CT molecular complexity index is 331. The standard InChI is InChI=1S/C14H21ClN2/c1-16(10-11-17-8-2-3-9-17)14-6-4-13(12-15)5-7-14/h4-7H,2-3,8-12H2,1H3. The van der Waals surface area contributed by atoms with Gasteiger partial charge in [0.15, 0.2) is 0 Å². The van der Waals surface area contributed by atoms with E-state index in [0.29, 0.717) is 5.88 Å². The SMILES string of the molecule is CN(CCN1CCCC1)c1ccc(CCl)cc1. The van der Waals surface area contributed by atoms with E-state index in [2.05, 4.69) is 41.1 Å². The van der Waals surface area contributed by atoms with Gasteiger partial charge in [-0.2, -0.15) is 0 Å². The number of hydrogen-bond acceptors (Lipinski definition) is 2. The zero-order valence-corrected chi connectivity index (χ0v) is 11.3. The van der Waals surface area contributed by atoms with Crippen molar-refractivity contribution < 1.29 is 0 Å². The first-order chi connectivity index (χ1) is 8.29. The van der Waals surface area contributed by atoms with Crippen LogP contribution in [-0.4, -0.2) is 38.1 Å². The number of benzene rings is 1. The van der Waals surface area contributed by atoms with Crippen molar-refractivity contribution >= 4 is 17.3 Å². The van der Waals surface area contributed by atoms with Gasteiger partial charge in [0.05, 0.1) is 0 Å². The Morgan fingerprint density at radius 1 is 1.18 bits per heavy atom. The average Bonchev–Trinajstić information content (AvgIpc) is 2.89. The first-order valence-electron chi connectivity index (χ1n) is 6.38. The molecule has 0 saturated carbocycles. The normalized spacial score (nSPS) is 16.4. The van der Waals surface area contributed by atoms with Crippen molar-refractivity contribution in [2.45, 2.75) is 18.7 Å². The molecule has 3 heteroatoms. The van der Waals surface area contributed by atoms with Crippen LogP contribution >= 0.6 is 11.6 Å². The minimum atomic E-state index is 0.595. The third kappa shape index (κ3) is 3.62. The molecule has 0 amide bonds. The summed E-state index contributed by atoms with van der Waals surface area (Å²) in [6.07, 6.45) is 2.74. The van der Waals surface area contributed by atoms with E-state index in [-0.39, 0.29) is 0 Å². The number of halogens is 1. The lowest BCUT2D eigenvalue weighted by molar-refractivity contribution is 0.346. The number of likely N-dealkylation sites (tertiary alicyclic amines) is 1. The molecular formula is C14H21ClN2. The molecule has 0 unspecified atom stereocenters. The van der Waals surface area contributed by atoms with Crippen LogP contribution in [0.1, 0.15) is 18.4 Å². The summed E-state index contributed by atoms with van der Waals surface area (Å²) >= 11 is 5.79. The number of hydrogen-bond donors (Lipinski definition) is 0. The second kappa shape index (κ2) is 6.27. The Hall–Kier alpha value is -0.730. The highest BCUT2D eigenvalue weighted by molar-refractivity contribution is 6.17. The molecule has 2 nitrogen and oxygen atoms in total. The summed E-state index contributed by atoms with van der Waals surface area (Å²) < 4.78 is 0. The fraction of sp³-hybridized carbons (Fsp3) is 0.571. The Kier molecular flexibility index (Phi) is 4.69. The van der Waals surface area contributed by atoms with Crippen molar-refractivity contribution in [3.63, 3.8) is 0 Å². The Morgan fingerprint density at radius 2 is 1.82 bits per heavy atom. The van der Waals surface area contributed by atoms with Crippen LogP contribution < -0.4 is 4.90 Å². The topological polar surface area (TPSA) is 6.48 Å². The van der Waals surface area contributed by atoms with Crippen LogP contribution in [0.5, 0.6) is 0 Å². The number of nitrogens with zero attached hydrogens (tertiary/aromatic N) is 2. The van der Waals surface area contributed by atoms with Crippen LogP contribution in [-0.2, 0) is 5.88 Å². The van der Waals surface area contributed by atoms with E-state index in [4.69, 9.17) is 11.6 Å². The van der Waals surface area contributed by atoms with E-state index in [1.165, 1.54) is 43.7 Å². The lowest BCUT2D eigenvalue weighted by atomic mass is 10.2. The molecule has 1 aliphatic rings. The van der Waals surface area contributed by atoms with Gasteiger partial charge in [-0.25, -0.2) is 0 Å². The van der Waals surface area contributed by atoms with Gasteiger partial charge in [-0.15, -0.1) is 11.6 Å².